The van der Waals surface area contributed by atoms with Crippen molar-refractivity contribution in [2.45, 2.75) is 52.4 Å². The van der Waals surface area contributed by atoms with Gasteiger partial charge in [0.05, 0.1) is 34.7 Å². The number of nitrogens with zero attached hydrogens (tertiary/aromatic N) is 4. The first-order valence-corrected chi connectivity index (χ1v) is 20.4. The molecule has 0 aliphatic heterocycles. The van der Waals surface area contributed by atoms with Crippen molar-refractivity contribution in [3.63, 3.8) is 0 Å². The van der Waals surface area contributed by atoms with Gasteiger partial charge in [-0.2, -0.15) is 0 Å². The number of para-hydroxylation sites is 3. The van der Waals surface area contributed by atoms with Crippen LogP contribution in [0.5, 0.6) is 5.75 Å². The summed E-state index contributed by atoms with van der Waals surface area (Å²) < 4.78 is 2.28. The van der Waals surface area contributed by atoms with Crippen LogP contribution in [0.3, 0.4) is 0 Å². The molecule has 6 aromatic carbocycles. The first-order valence-electron chi connectivity index (χ1n) is 20.4. The zero-order valence-corrected chi connectivity index (χ0v) is 34.8. The van der Waals surface area contributed by atoms with E-state index in [2.05, 4.69) is 166 Å². The summed E-state index contributed by atoms with van der Waals surface area (Å²) in [5.41, 5.74) is 15.4. The normalized spacial score (nSPS) is 11.9. The lowest BCUT2D eigenvalue weighted by Crippen LogP contribution is -2.16. The third-order valence-electron chi connectivity index (χ3n) is 11.4. The van der Waals surface area contributed by atoms with Gasteiger partial charge in [-0.3, -0.25) is 4.98 Å². The molecule has 292 valence electrons. The summed E-state index contributed by atoms with van der Waals surface area (Å²) in [6, 6.07) is 54.0. The number of aromatic nitrogens is 3. The second kappa shape index (κ2) is 14.8. The Morgan fingerprint density at radius 3 is 1.88 bits per heavy atom. The Labute approximate surface area is 352 Å². The second-order valence-electron chi connectivity index (χ2n) is 17.6. The maximum absolute atomic E-state index is 11.1. The summed E-state index contributed by atoms with van der Waals surface area (Å²) in [5.74, 6) is 0.190. The molecule has 5 nitrogen and oxygen atoms in total. The number of hydrogen-bond acceptors (Lipinski definition) is 3. The van der Waals surface area contributed by atoms with Crippen molar-refractivity contribution >= 4 is 27.5 Å². The van der Waals surface area contributed by atoms with E-state index in [-0.39, 0.29) is 16.6 Å². The van der Waals surface area contributed by atoms with Crippen LogP contribution in [-0.2, 0) is 10.8 Å². The fourth-order valence-electron chi connectivity index (χ4n) is 8.15. The molecule has 3 heterocycles. The van der Waals surface area contributed by atoms with Crippen LogP contribution in [-0.4, -0.2) is 19.6 Å². The van der Waals surface area contributed by atoms with Gasteiger partial charge in [0.1, 0.15) is 5.75 Å². The van der Waals surface area contributed by atoms with Gasteiger partial charge >= 0.3 is 0 Å². The van der Waals surface area contributed by atoms with Gasteiger partial charge < -0.3 is 9.67 Å². The van der Waals surface area contributed by atoms with Crippen LogP contribution in [0.4, 0.5) is 5.69 Å². The average Bonchev–Trinajstić information content (AvgIpc) is 3.60. The van der Waals surface area contributed by atoms with Crippen LogP contribution >= 0.6 is 0 Å². The van der Waals surface area contributed by atoms with Crippen LogP contribution in [0.2, 0.25) is 0 Å². The highest BCUT2D eigenvalue weighted by Crippen LogP contribution is 2.41. The summed E-state index contributed by atoms with van der Waals surface area (Å²) in [6.45, 7) is 21.3. The third-order valence-corrected chi connectivity index (χ3v) is 11.4. The second-order valence-corrected chi connectivity index (χ2v) is 17.6. The molecule has 3 aromatic heterocycles. The number of aromatic hydroxyl groups is 1. The van der Waals surface area contributed by atoms with Gasteiger partial charge in [-0.1, -0.05) is 139 Å². The van der Waals surface area contributed by atoms with E-state index in [9.17, 15) is 5.11 Å². The van der Waals surface area contributed by atoms with E-state index in [0.717, 1.165) is 72.3 Å². The number of fused-ring (bicyclic) bond motifs is 3. The minimum absolute atomic E-state index is 0.0478. The fourth-order valence-corrected chi connectivity index (χ4v) is 8.15. The van der Waals surface area contributed by atoms with Crippen molar-refractivity contribution in [1.29, 1.82) is 0 Å². The van der Waals surface area contributed by atoms with Crippen molar-refractivity contribution in [2.75, 3.05) is 0 Å². The lowest BCUT2D eigenvalue weighted by atomic mass is 9.79. The molecule has 5 heteroatoms. The van der Waals surface area contributed by atoms with E-state index in [1.54, 1.807) is 6.07 Å². The zero-order valence-electron chi connectivity index (χ0n) is 34.8. The zero-order chi connectivity index (χ0) is 41.8. The SMILES string of the molecule is [C-]#[N+]c1cccc(-n2c3ccccc3c3cccc(-c4ccnc(-c5cccc(-c6cc(-c7cc(C(C)(C)C)cc(C(C)(C)C)c7)cc(-c7ccccc7O)n6)c5)c4)c32)c1. The standard InChI is InChI=1S/C55H46N4O/c1-54(2,3)40-28-38(29-41(33-40)55(4,5)6)39-31-49(58-50(32-39)47-20-9-11-24-52(47)60)37-16-12-15-36(27-37)48-30-35(25-26-57-48)44-21-14-22-46-45-19-8-10-23-51(45)59(53(44)46)43-18-13-17-42(34-43)56-7/h8-34,60H,1-6H3. The Morgan fingerprint density at radius 1 is 0.517 bits per heavy atom. The van der Waals surface area contributed by atoms with Crippen molar-refractivity contribution < 1.29 is 5.11 Å². The molecule has 0 saturated carbocycles. The molecule has 9 rings (SSSR count). The Bertz CT molecular complexity index is 3120. The largest absolute Gasteiger partial charge is 0.507 e. The topological polar surface area (TPSA) is 55.3 Å². The molecule has 0 aliphatic rings. The molecule has 0 radical (unpaired) electrons. The van der Waals surface area contributed by atoms with Crippen LogP contribution in [0, 0.1) is 6.57 Å². The summed E-state index contributed by atoms with van der Waals surface area (Å²) in [5, 5.41) is 13.4. The average molecular weight is 779 g/mol. The van der Waals surface area contributed by atoms with Gasteiger partial charge in [-0.15, -0.1) is 0 Å². The molecule has 0 amide bonds. The molecular formula is C55H46N4O. The smallest absolute Gasteiger partial charge is 0.189 e. The summed E-state index contributed by atoms with van der Waals surface area (Å²) in [4.78, 5) is 13.9. The van der Waals surface area contributed by atoms with Gasteiger partial charge in [0.2, 0.25) is 0 Å². The van der Waals surface area contributed by atoms with E-state index in [1.807, 2.05) is 42.6 Å². The van der Waals surface area contributed by atoms with Crippen LogP contribution in [0.1, 0.15) is 52.7 Å². The van der Waals surface area contributed by atoms with E-state index < -0.39 is 0 Å². The number of rotatable bonds is 6. The van der Waals surface area contributed by atoms with Gasteiger partial charge in [0.25, 0.3) is 0 Å². The van der Waals surface area contributed by atoms with Gasteiger partial charge in [-0.25, -0.2) is 9.83 Å². The monoisotopic (exact) mass is 778 g/mol. The molecule has 0 aliphatic carbocycles. The third kappa shape index (κ3) is 7.11. The minimum atomic E-state index is -0.0478. The quantitative estimate of drug-likeness (QED) is 0.171. The first kappa shape index (κ1) is 38.2. The van der Waals surface area contributed by atoms with Crippen molar-refractivity contribution in [3.05, 3.63) is 186 Å². The van der Waals surface area contributed by atoms with Crippen molar-refractivity contribution in [1.82, 2.24) is 14.5 Å². The maximum atomic E-state index is 11.1. The van der Waals surface area contributed by atoms with E-state index >= 15 is 0 Å². The molecule has 0 fully saturated rings. The Balaban J connectivity index is 1.19. The van der Waals surface area contributed by atoms with Crippen molar-refractivity contribution in [2.24, 2.45) is 0 Å². The van der Waals surface area contributed by atoms with Crippen molar-refractivity contribution in [3.8, 4) is 67.5 Å². The number of hydrogen-bond donors (Lipinski definition) is 1. The summed E-state index contributed by atoms with van der Waals surface area (Å²) >= 11 is 0. The number of pyridine rings is 2. The molecule has 0 atom stereocenters. The highest BCUT2D eigenvalue weighted by Gasteiger charge is 2.23. The number of benzene rings is 6. The predicted octanol–water partition coefficient (Wildman–Crippen LogP) is 14.8. The number of phenolic OH excluding ortho intramolecular Hbond substituents is 1. The van der Waals surface area contributed by atoms with Gasteiger partial charge in [0, 0.05) is 44.9 Å². The van der Waals surface area contributed by atoms with Crippen LogP contribution < -0.4 is 0 Å². The fraction of sp³-hybridized carbons (Fsp3) is 0.145. The molecule has 1 N–H and O–H groups in total. The van der Waals surface area contributed by atoms with Gasteiger partial charge in [-0.05, 0) is 99.3 Å². The van der Waals surface area contributed by atoms with Gasteiger partial charge in [0.15, 0.2) is 5.69 Å². The predicted molar refractivity (Wildman–Crippen MR) is 249 cm³/mol. The number of phenols is 1. The molecule has 0 unspecified atom stereocenters. The molecule has 0 bridgehead atoms. The van der Waals surface area contributed by atoms with E-state index in [4.69, 9.17) is 16.5 Å². The molecule has 0 saturated heterocycles. The van der Waals surface area contributed by atoms with E-state index in [0.29, 0.717) is 16.9 Å². The van der Waals surface area contributed by atoms with Crippen LogP contribution in [0.15, 0.2) is 164 Å². The molecule has 0 spiro atoms. The Kier molecular flexibility index (Phi) is 9.45. The maximum Gasteiger partial charge on any atom is 0.189 e. The van der Waals surface area contributed by atoms with E-state index in [1.165, 1.54) is 11.1 Å². The first-order chi connectivity index (χ1) is 28.9. The lowest BCUT2D eigenvalue weighted by Gasteiger charge is -2.26. The Morgan fingerprint density at radius 2 is 1.13 bits per heavy atom. The molecular weight excluding hydrogens is 733 g/mol. The highest BCUT2D eigenvalue weighted by atomic mass is 16.3. The van der Waals surface area contributed by atoms with Crippen LogP contribution in [0.25, 0.3) is 88.4 Å². The summed E-state index contributed by atoms with van der Waals surface area (Å²) in [7, 11) is 0. The minimum Gasteiger partial charge on any atom is -0.507 e. The summed E-state index contributed by atoms with van der Waals surface area (Å²) in [6.07, 6.45) is 1.88. The Hall–Kier alpha value is -7.29. The highest BCUT2D eigenvalue weighted by molar-refractivity contribution is 6.14. The lowest BCUT2D eigenvalue weighted by molar-refractivity contribution is 0.477. The molecule has 60 heavy (non-hydrogen) atoms. The molecule has 9 aromatic rings.